The summed E-state index contributed by atoms with van der Waals surface area (Å²) in [4.78, 5) is 7.30. The number of pyridine rings is 1. The summed E-state index contributed by atoms with van der Waals surface area (Å²) in [5.74, 6) is 2.37. The molecule has 1 fully saturated rings. The highest BCUT2D eigenvalue weighted by atomic mass is 15.3. The van der Waals surface area contributed by atoms with Gasteiger partial charge in [-0.25, -0.2) is 4.98 Å². The van der Waals surface area contributed by atoms with Crippen LogP contribution in [0.4, 0.5) is 0 Å². The summed E-state index contributed by atoms with van der Waals surface area (Å²) in [5, 5.41) is 9.11. The zero-order valence-electron chi connectivity index (χ0n) is 14.5. The van der Waals surface area contributed by atoms with Crippen LogP contribution in [0.1, 0.15) is 55.5 Å². The van der Waals surface area contributed by atoms with Crippen molar-refractivity contribution in [1.82, 2.24) is 29.0 Å². The Morgan fingerprint density at radius 3 is 3.00 bits per heavy atom. The molecule has 5 heterocycles. The summed E-state index contributed by atoms with van der Waals surface area (Å²) in [6.07, 6.45) is 11.5. The predicted molar refractivity (Wildman–Crippen MR) is 95.2 cm³/mol. The number of aryl methyl sites for hydroxylation is 1. The number of hydrogen-bond acceptors (Lipinski definition) is 4. The molecule has 0 aliphatic carbocycles. The zero-order chi connectivity index (χ0) is 16.6. The first-order chi connectivity index (χ1) is 12.4. The van der Waals surface area contributed by atoms with E-state index in [1.807, 2.05) is 12.1 Å². The fourth-order valence-electron chi connectivity index (χ4n) is 4.33. The average Bonchev–Trinajstić information content (AvgIpc) is 3.30. The van der Waals surface area contributed by atoms with Gasteiger partial charge in [-0.3, -0.25) is 4.90 Å². The quantitative estimate of drug-likeness (QED) is 0.738. The Morgan fingerprint density at radius 1 is 1.04 bits per heavy atom. The minimum absolute atomic E-state index is 0.379. The highest BCUT2D eigenvalue weighted by Crippen LogP contribution is 2.33. The summed E-state index contributed by atoms with van der Waals surface area (Å²) in [5.41, 5.74) is 2.15. The molecule has 2 aliphatic heterocycles. The van der Waals surface area contributed by atoms with Crippen molar-refractivity contribution < 1.29 is 0 Å². The van der Waals surface area contributed by atoms with E-state index >= 15 is 0 Å². The van der Waals surface area contributed by atoms with Crippen molar-refractivity contribution in [3.63, 3.8) is 0 Å². The second-order valence-corrected chi connectivity index (χ2v) is 7.26. The normalized spacial score (nSPS) is 21.5. The Labute approximate surface area is 147 Å². The topological polar surface area (TPSA) is 51.2 Å². The number of imidazole rings is 1. The minimum atomic E-state index is 0.379. The zero-order valence-corrected chi connectivity index (χ0v) is 14.5. The second-order valence-electron chi connectivity index (χ2n) is 7.26. The Hall–Kier alpha value is -2.21. The van der Waals surface area contributed by atoms with Crippen molar-refractivity contribution in [3.8, 4) is 0 Å². The van der Waals surface area contributed by atoms with Gasteiger partial charge in [0.2, 0.25) is 0 Å². The van der Waals surface area contributed by atoms with E-state index in [0.29, 0.717) is 6.04 Å². The number of likely N-dealkylation sites (tertiary alicyclic amines) is 1. The summed E-state index contributed by atoms with van der Waals surface area (Å²) < 4.78 is 4.50. The number of rotatable bonds is 3. The molecule has 6 heteroatoms. The molecule has 5 rings (SSSR count). The van der Waals surface area contributed by atoms with Crippen LogP contribution in [0.5, 0.6) is 0 Å². The molecule has 130 valence electrons. The van der Waals surface area contributed by atoms with E-state index in [4.69, 9.17) is 4.98 Å². The predicted octanol–water partition coefficient (Wildman–Crippen LogP) is 2.99. The Balaban J connectivity index is 1.41. The van der Waals surface area contributed by atoms with E-state index in [9.17, 15) is 0 Å². The van der Waals surface area contributed by atoms with Crippen LogP contribution in [-0.2, 0) is 19.5 Å². The lowest BCUT2D eigenvalue weighted by Gasteiger charge is -2.23. The molecule has 3 aromatic heterocycles. The van der Waals surface area contributed by atoms with E-state index in [0.717, 1.165) is 37.4 Å². The van der Waals surface area contributed by atoms with Crippen LogP contribution in [0.15, 0.2) is 30.6 Å². The van der Waals surface area contributed by atoms with Gasteiger partial charge in [-0.1, -0.05) is 12.5 Å². The van der Waals surface area contributed by atoms with Crippen LogP contribution in [0, 0.1) is 0 Å². The van der Waals surface area contributed by atoms with Gasteiger partial charge in [-0.15, -0.1) is 10.2 Å². The van der Waals surface area contributed by atoms with Crippen molar-refractivity contribution >= 4 is 5.65 Å². The summed E-state index contributed by atoms with van der Waals surface area (Å²) >= 11 is 0. The van der Waals surface area contributed by atoms with Crippen LogP contribution in [-0.4, -0.2) is 35.6 Å². The minimum Gasteiger partial charge on any atom is -0.314 e. The first kappa shape index (κ1) is 15.1. The molecule has 0 spiro atoms. The van der Waals surface area contributed by atoms with Crippen molar-refractivity contribution in [3.05, 3.63) is 47.9 Å². The fraction of sp³-hybridized carbons (Fsp3) is 0.526. The third-order valence-corrected chi connectivity index (χ3v) is 5.58. The van der Waals surface area contributed by atoms with Crippen LogP contribution in [0.25, 0.3) is 5.65 Å². The van der Waals surface area contributed by atoms with Crippen molar-refractivity contribution in [2.24, 2.45) is 0 Å². The Kier molecular flexibility index (Phi) is 3.77. The maximum absolute atomic E-state index is 4.77. The van der Waals surface area contributed by atoms with Gasteiger partial charge >= 0.3 is 0 Å². The fourth-order valence-corrected chi connectivity index (χ4v) is 4.33. The third-order valence-electron chi connectivity index (χ3n) is 5.58. The van der Waals surface area contributed by atoms with Gasteiger partial charge in [0.15, 0.2) is 0 Å². The molecule has 0 amide bonds. The van der Waals surface area contributed by atoms with Gasteiger partial charge in [0.25, 0.3) is 0 Å². The largest absolute Gasteiger partial charge is 0.314 e. The van der Waals surface area contributed by atoms with Gasteiger partial charge in [0, 0.05) is 31.9 Å². The summed E-state index contributed by atoms with van der Waals surface area (Å²) in [6, 6.07) is 6.52. The van der Waals surface area contributed by atoms with Crippen LogP contribution in [0.3, 0.4) is 0 Å². The van der Waals surface area contributed by atoms with E-state index < -0.39 is 0 Å². The summed E-state index contributed by atoms with van der Waals surface area (Å²) in [6.45, 7) is 3.08. The van der Waals surface area contributed by atoms with Gasteiger partial charge < -0.3 is 8.97 Å². The van der Waals surface area contributed by atoms with E-state index in [-0.39, 0.29) is 0 Å². The molecule has 1 atom stereocenters. The maximum atomic E-state index is 4.77. The number of aromatic nitrogens is 5. The van der Waals surface area contributed by atoms with Crippen LogP contribution < -0.4 is 0 Å². The number of hydrogen-bond donors (Lipinski definition) is 0. The molecular formula is C19H24N6. The molecular weight excluding hydrogens is 312 g/mol. The Morgan fingerprint density at radius 2 is 2.04 bits per heavy atom. The summed E-state index contributed by atoms with van der Waals surface area (Å²) in [7, 11) is 0. The average molecular weight is 336 g/mol. The second kappa shape index (κ2) is 6.26. The number of fused-ring (bicyclic) bond motifs is 2. The van der Waals surface area contributed by atoms with E-state index in [2.05, 4.69) is 42.5 Å². The molecule has 25 heavy (non-hydrogen) atoms. The van der Waals surface area contributed by atoms with Crippen molar-refractivity contribution in [2.45, 2.75) is 57.7 Å². The molecule has 0 unspecified atom stereocenters. The highest BCUT2D eigenvalue weighted by molar-refractivity contribution is 5.39. The molecule has 0 aromatic carbocycles. The number of nitrogens with zero attached hydrogens (tertiary/aromatic N) is 6. The molecule has 0 N–H and O–H groups in total. The lowest BCUT2D eigenvalue weighted by molar-refractivity contribution is 0.232. The third kappa shape index (κ3) is 2.74. The van der Waals surface area contributed by atoms with E-state index in [1.165, 1.54) is 43.8 Å². The molecule has 1 saturated heterocycles. The highest BCUT2D eigenvalue weighted by Gasteiger charge is 2.31. The van der Waals surface area contributed by atoms with Crippen LogP contribution >= 0.6 is 0 Å². The van der Waals surface area contributed by atoms with Crippen LogP contribution in [0.2, 0.25) is 0 Å². The van der Waals surface area contributed by atoms with Gasteiger partial charge in [-0.05, 0) is 44.4 Å². The Bertz CT molecular complexity index is 846. The monoisotopic (exact) mass is 336 g/mol. The van der Waals surface area contributed by atoms with Gasteiger partial charge in [0.05, 0.1) is 11.7 Å². The lowest BCUT2D eigenvalue weighted by atomic mass is 10.2. The van der Waals surface area contributed by atoms with Crippen molar-refractivity contribution in [1.29, 1.82) is 0 Å². The SMILES string of the molecule is c1ccn2cc(CN3CCC[C@@H]3c3nnc4n3CCCCC4)nc2c1. The van der Waals surface area contributed by atoms with Gasteiger partial charge in [-0.2, -0.15) is 0 Å². The molecule has 2 aliphatic rings. The maximum Gasteiger partial charge on any atom is 0.150 e. The first-order valence-electron chi connectivity index (χ1n) is 9.47. The standard InChI is InChI=1S/C19H24N6/c1-2-9-18-21-22-19(25(18)12-4-1)16-7-6-11-23(16)13-15-14-24-10-5-3-8-17(24)20-15/h3,5,8,10,14,16H,1-2,4,6-7,9,11-13H2/t16-/m1/s1. The van der Waals surface area contributed by atoms with E-state index in [1.54, 1.807) is 0 Å². The smallest absolute Gasteiger partial charge is 0.150 e. The van der Waals surface area contributed by atoms with Crippen molar-refractivity contribution in [2.75, 3.05) is 6.54 Å². The molecule has 0 saturated carbocycles. The lowest BCUT2D eigenvalue weighted by Crippen LogP contribution is -2.25. The van der Waals surface area contributed by atoms with Gasteiger partial charge in [0.1, 0.15) is 17.3 Å². The first-order valence-corrected chi connectivity index (χ1v) is 9.47. The molecule has 0 radical (unpaired) electrons. The molecule has 3 aromatic rings. The molecule has 0 bridgehead atoms. The molecule has 6 nitrogen and oxygen atoms in total.